The predicted octanol–water partition coefficient (Wildman–Crippen LogP) is 7.14. The quantitative estimate of drug-likeness (QED) is 0.229. The van der Waals surface area contributed by atoms with Crippen molar-refractivity contribution in [1.29, 1.82) is 0 Å². The van der Waals surface area contributed by atoms with Crippen LogP contribution in [-0.2, 0) is 6.42 Å². The van der Waals surface area contributed by atoms with Crippen molar-refractivity contribution in [2.75, 3.05) is 31.3 Å². The van der Waals surface area contributed by atoms with Gasteiger partial charge in [0.25, 0.3) is 0 Å². The number of ether oxygens (including phenoxy) is 1. The molecule has 0 spiro atoms. The normalized spacial score (nSPS) is 15.4. The summed E-state index contributed by atoms with van der Waals surface area (Å²) in [4.78, 5) is 11.7. The largest absolute Gasteiger partial charge is 0.573 e. The van der Waals surface area contributed by atoms with Crippen LogP contribution in [0.5, 0.6) is 5.75 Å². The van der Waals surface area contributed by atoms with E-state index in [9.17, 15) is 13.2 Å². The number of thiazole rings is 1. The smallest absolute Gasteiger partial charge is 0.406 e. The predicted molar refractivity (Wildman–Crippen MR) is 144 cm³/mol. The molecule has 37 heavy (non-hydrogen) atoms. The summed E-state index contributed by atoms with van der Waals surface area (Å²) in [5.74, 6) is 1.25. The van der Waals surface area contributed by atoms with E-state index in [1.807, 2.05) is 29.3 Å². The lowest BCUT2D eigenvalue weighted by molar-refractivity contribution is -0.274. The molecule has 0 N–H and O–H groups in total. The second-order valence-electron chi connectivity index (χ2n) is 8.96. The van der Waals surface area contributed by atoms with E-state index >= 15 is 0 Å². The van der Waals surface area contributed by atoms with Gasteiger partial charge >= 0.3 is 6.36 Å². The van der Waals surface area contributed by atoms with Crippen LogP contribution in [0.15, 0.2) is 48.0 Å². The first-order chi connectivity index (χ1) is 17.8. The second-order valence-corrected chi connectivity index (χ2v) is 10.7. The van der Waals surface area contributed by atoms with Crippen molar-refractivity contribution in [2.45, 2.75) is 38.5 Å². The maximum atomic E-state index is 12.5. The number of imidazole rings is 1. The monoisotopic (exact) mass is 547 g/mol. The fraction of sp³-hybridized carbons (Fsp3) is 0.385. The molecule has 196 valence electrons. The number of alkyl halides is 3. The van der Waals surface area contributed by atoms with Crippen molar-refractivity contribution in [3.05, 3.63) is 59.2 Å². The van der Waals surface area contributed by atoms with E-state index in [0.29, 0.717) is 11.6 Å². The van der Waals surface area contributed by atoms with Crippen molar-refractivity contribution < 1.29 is 17.9 Å². The summed E-state index contributed by atoms with van der Waals surface area (Å²) < 4.78 is 46.0. The first kappa shape index (κ1) is 25.9. The number of aryl methyl sites for hydroxylation is 1. The van der Waals surface area contributed by atoms with Gasteiger partial charge in [0, 0.05) is 37.3 Å². The Balaban J connectivity index is 1.42. The van der Waals surface area contributed by atoms with Crippen LogP contribution in [0.1, 0.15) is 36.9 Å². The fourth-order valence-corrected chi connectivity index (χ4v) is 6.15. The van der Waals surface area contributed by atoms with E-state index in [1.54, 1.807) is 12.1 Å². The minimum absolute atomic E-state index is 0.253. The summed E-state index contributed by atoms with van der Waals surface area (Å²) in [6, 6.07) is 10.1. The Kier molecular flexibility index (Phi) is 7.37. The lowest BCUT2D eigenvalue weighted by atomic mass is 9.91. The minimum atomic E-state index is -4.71. The molecule has 1 aromatic carbocycles. The van der Waals surface area contributed by atoms with Crippen LogP contribution in [-0.4, -0.2) is 51.4 Å². The number of aromatic nitrogens is 3. The molecule has 0 unspecified atom stereocenters. The highest BCUT2D eigenvalue weighted by molar-refractivity contribution is 7.96. The first-order valence-electron chi connectivity index (χ1n) is 12.1. The van der Waals surface area contributed by atoms with E-state index in [0.717, 1.165) is 60.2 Å². The van der Waals surface area contributed by atoms with E-state index in [4.69, 9.17) is 9.97 Å². The van der Waals surface area contributed by atoms with Gasteiger partial charge < -0.3 is 9.64 Å². The molecule has 1 fully saturated rings. The summed E-state index contributed by atoms with van der Waals surface area (Å²) in [6.45, 7) is 4.27. The summed E-state index contributed by atoms with van der Waals surface area (Å²) >= 11 is 3.30. The molecule has 0 saturated carbocycles. The Hall–Kier alpha value is -2.76. The molecule has 4 aromatic rings. The highest BCUT2D eigenvalue weighted by atomic mass is 32.2. The van der Waals surface area contributed by atoms with E-state index in [-0.39, 0.29) is 5.75 Å². The van der Waals surface area contributed by atoms with Gasteiger partial charge in [-0.2, -0.15) is 0 Å². The molecule has 4 heterocycles. The van der Waals surface area contributed by atoms with Crippen molar-refractivity contribution in [3.8, 4) is 17.0 Å². The second kappa shape index (κ2) is 10.5. The molecule has 3 aromatic heterocycles. The fourth-order valence-electron chi connectivity index (χ4n) is 4.77. The van der Waals surface area contributed by atoms with E-state index < -0.39 is 6.36 Å². The highest BCUT2D eigenvalue weighted by Gasteiger charge is 2.31. The third kappa shape index (κ3) is 5.58. The number of pyridine rings is 1. The molecule has 0 bridgehead atoms. The summed E-state index contributed by atoms with van der Waals surface area (Å²) in [6.07, 6.45) is 2.69. The van der Waals surface area contributed by atoms with Crippen molar-refractivity contribution in [1.82, 2.24) is 18.7 Å². The Labute approximate surface area is 222 Å². The van der Waals surface area contributed by atoms with Gasteiger partial charge in [0.2, 0.25) is 0 Å². The number of benzene rings is 1. The molecule has 0 atom stereocenters. The number of hydrogen-bond acceptors (Lipinski definition) is 7. The van der Waals surface area contributed by atoms with Crippen LogP contribution in [0.4, 0.5) is 24.1 Å². The molecule has 11 heteroatoms. The lowest BCUT2D eigenvalue weighted by Crippen LogP contribution is -2.27. The third-order valence-corrected chi connectivity index (χ3v) is 8.48. The van der Waals surface area contributed by atoms with Gasteiger partial charge in [0.05, 0.1) is 11.4 Å². The van der Waals surface area contributed by atoms with Gasteiger partial charge in [-0.25, -0.2) is 9.97 Å². The molecular formula is C26H28F3N5OS2. The minimum Gasteiger partial charge on any atom is -0.406 e. The van der Waals surface area contributed by atoms with Crippen LogP contribution in [0.25, 0.3) is 16.9 Å². The highest BCUT2D eigenvalue weighted by Crippen LogP contribution is 2.36. The van der Waals surface area contributed by atoms with Crippen LogP contribution in [0.3, 0.4) is 0 Å². The maximum Gasteiger partial charge on any atom is 0.573 e. The number of nitrogens with zero attached hydrogens (tertiary/aromatic N) is 5. The third-order valence-electron chi connectivity index (χ3n) is 6.68. The van der Waals surface area contributed by atoms with Crippen LogP contribution >= 0.6 is 23.3 Å². The van der Waals surface area contributed by atoms with Gasteiger partial charge in [0.1, 0.15) is 17.2 Å². The molecule has 1 aliphatic rings. The number of anilines is 2. The zero-order valence-electron chi connectivity index (χ0n) is 20.8. The molecule has 1 aliphatic heterocycles. The number of piperidine rings is 1. The van der Waals surface area contributed by atoms with Crippen LogP contribution < -0.4 is 9.64 Å². The number of fused-ring (bicyclic) bond motifs is 1. The van der Waals surface area contributed by atoms with Crippen molar-refractivity contribution >= 4 is 39.9 Å². The molecule has 5 rings (SSSR count). The lowest BCUT2D eigenvalue weighted by Gasteiger charge is -2.30. The molecule has 6 nitrogen and oxygen atoms in total. The molecule has 0 amide bonds. The molecule has 1 saturated heterocycles. The van der Waals surface area contributed by atoms with Crippen molar-refractivity contribution in [3.63, 3.8) is 0 Å². The maximum absolute atomic E-state index is 12.5. The first-order valence-corrected chi connectivity index (χ1v) is 14.2. The van der Waals surface area contributed by atoms with Crippen LogP contribution in [0, 0.1) is 0 Å². The summed E-state index contributed by atoms with van der Waals surface area (Å²) in [7, 11) is 1.98. The Bertz CT molecular complexity index is 1360. The van der Waals surface area contributed by atoms with E-state index in [1.165, 1.54) is 29.0 Å². The SMILES string of the molecule is CCc1nc2ccc(C3CCN(SC)CC3)cn2c1N(C)c1nc(-c2ccc(OC(F)(F)F)cc2)cs1. The van der Waals surface area contributed by atoms with Gasteiger partial charge in [-0.3, -0.25) is 8.71 Å². The topological polar surface area (TPSA) is 45.9 Å². The van der Waals surface area contributed by atoms with Crippen LogP contribution in [0.2, 0.25) is 0 Å². The Morgan fingerprint density at radius 3 is 2.49 bits per heavy atom. The number of hydrogen-bond donors (Lipinski definition) is 0. The summed E-state index contributed by atoms with van der Waals surface area (Å²) in [5, 5.41) is 2.69. The standard InChI is InChI=1S/C26H28F3N5OS2/c1-4-21-24(34-15-19(7-10-23(34)30-21)17-11-13-33(36-3)14-12-17)32(2)25-31-22(16-37-25)18-5-8-20(9-6-18)35-26(27,28)29/h5-10,15-17H,4,11-14H2,1-3H3. The zero-order valence-corrected chi connectivity index (χ0v) is 22.5. The summed E-state index contributed by atoms with van der Waals surface area (Å²) in [5.41, 5.74) is 4.63. The van der Waals surface area contributed by atoms with Gasteiger partial charge in [-0.1, -0.05) is 24.9 Å². The van der Waals surface area contributed by atoms with Crippen molar-refractivity contribution in [2.24, 2.45) is 0 Å². The average molecular weight is 548 g/mol. The Morgan fingerprint density at radius 1 is 1.11 bits per heavy atom. The molecule has 0 radical (unpaired) electrons. The van der Waals surface area contributed by atoms with Gasteiger partial charge in [-0.15, -0.1) is 24.5 Å². The van der Waals surface area contributed by atoms with Gasteiger partial charge in [-0.05, 0) is 67.3 Å². The number of rotatable bonds is 7. The van der Waals surface area contributed by atoms with Gasteiger partial charge in [0.15, 0.2) is 5.13 Å². The molecule has 0 aliphatic carbocycles. The number of halogens is 3. The molecular weight excluding hydrogens is 519 g/mol. The Morgan fingerprint density at radius 2 is 1.84 bits per heavy atom. The van der Waals surface area contributed by atoms with E-state index in [2.05, 4.69) is 45.0 Å². The average Bonchev–Trinajstić information content (AvgIpc) is 3.53. The zero-order chi connectivity index (χ0) is 26.2.